The number of halogens is 1. The molecule has 0 bridgehead atoms. The van der Waals surface area contributed by atoms with Crippen LogP contribution in [0.1, 0.15) is 44.3 Å². The number of nitrogens with one attached hydrogen (secondary N) is 2. The molecule has 0 aliphatic carbocycles. The molecule has 0 radical (unpaired) electrons. The van der Waals surface area contributed by atoms with Crippen molar-refractivity contribution in [3.8, 4) is 0 Å². The Labute approximate surface area is 174 Å². The van der Waals surface area contributed by atoms with Crippen LogP contribution in [0.3, 0.4) is 0 Å². The second-order valence-electron chi connectivity index (χ2n) is 6.58. The maximum Gasteiger partial charge on any atom is 0.192 e. The minimum absolute atomic E-state index is 0. The molecule has 148 valence electrons. The van der Waals surface area contributed by atoms with Crippen molar-refractivity contribution in [1.29, 1.82) is 0 Å². The quantitative estimate of drug-likeness (QED) is 0.261. The van der Waals surface area contributed by atoms with Gasteiger partial charge in [0.1, 0.15) is 12.4 Å². The second-order valence-corrected chi connectivity index (χ2v) is 6.58. The standard InChI is InChI=1S/C18H33N7.HI/c1-5-10-19-18(21-14-17-23-22-15(3)24(17)4)20-11-13-25-12-8-7-9-16(25)6-2;/h5,16H,1,6-14H2,2-4H3,(H2,19,20,21);1H. The van der Waals surface area contributed by atoms with Crippen molar-refractivity contribution in [2.24, 2.45) is 12.0 Å². The number of piperidine rings is 1. The average molecular weight is 475 g/mol. The van der Waals surface area contributed by atoms with E-state index in [1.54, 1.807) is 0 Å². The van der Waals surface area contributed by atoms with Crippen LogP contribution in [-0.2, 0) is 13.6 Å². The molecule has 0 spiro atoms. The van der Waals surface area contributed by atoms with Gasteiger partial charge >= 0.3 is 0 Å². The Morgan fingerprint density at radius 1 is 1.35 bits per heavy atom. The van der Waals surface area contributed by atoms with E-state index < -0.39 is 0 Å². The van der Waals surface area contributed by atoms with Crippen molar-refractivity contribution in [3.63, 3.8) is 0 Å². The monoisotopic (exact) mass is 475 g/mol. The first kappa shape index (κ1) is 22.9. The SMILES string of the molecule is C=CCNC(=NCc1nnc(C)n1C)NCCN1CCCCC1CC.I. The molecule has 1 atom stereocenters. The summed E-state index contributed by atoms with van der Waals surface area (Å²) in [5, 5.41) is 15.0. The van der Waals surface area contributed by atoms with E-state index >= 15 is 0 Å². The molecule has 1 aromatic rings. The average Bonchev–Trinajstić information content (AvgIpc) is 2.95. The maximum absolute atomic E-state index is 4.63. The van der Waals surface area contributed by atoms with Crippen LogP contribution in [0.5, 0.6) is 0 Å². The number of rotatable bonds is 8. The first-order valence-corrected chi connectivity index (χ1v) is 9.37. The Morgan fingerprint density at radius 2 is 2.15 bits per heavy atom. The lowest BCUT2D eigenvalue weighted by Crippen LogP contribution is -2.46. The van der Waals surface area contributed by atoms with Gasteiger partial charge in [-0.15, -0.1) is 40.8 Å². The third kappa shape index (κ3) is 6.86. The van der Waals surface area contributed by atoms with Crippen molar-refractivity contribution >= 4 is 29.9 Å². The van der Waals surface area contributed by atoms with Crippen LogP contribution in [0.2, 0.25) is 0 Å². The minimum Gasteiger partial charge on any atom is -0.355 e. The Hall–Kier alpha value is -1.16. The molecule has 1 aromatic heterocycles. The highest BCUT2D eigenvalue weighted by Gasteiger charge is 2.19. The Morgan fingerprint density at radius 3 is 2.81 bits per heavy atom. The number of hydrogen-bond acceptors (Lipinski definition) is 4. The van der Waals surface area contributed by atoms with E-state index in [-0.39, 0.29) is 24.0 Å². The summed E-state index contributed by atoms with van der Waals surface area (Å²) in [6, 6.07) is 0.735. The van der Waals surface area contributed by atoms with E-state index in [2.05, 4.69) is 44.2 Å². The predicted octanol–water partition coefficient (Wildman–Crippen LogP) is 2.23. The van der Waals surface area contributed by atoms with Crippen LogP contribution in [0, 0.1) is 6.92 Å². The molecular weight excluding hydrogens is 441 g/mol. The molecule has 2 N–H and O–H groups in total. The van der Waals surface area contributed by atoms with Gasteiger partial charge in [-0.05, 0) is 32.7 Å². The molecule has 1 aliphatic rings. The largest absolute Gasteiger partial charge is 0.355 e. The van der Waals surface area contributed by atoms with Gasteiger partial charge in [-0.1, -0.05) is 19.4 Å². The molecule has 2 heterocycles. The van der Waals surface area contributed by atoms with Crippen molar-refractivity contribution in [1.82, 2.24) is 30.3 Å². The molecule has 0 saturated carbocycles. The predicted molar refractivity (Wildman–Crippen MR) is 118 cm³/mol. The molecule has 8 heteroatoms. The van der Waals surface area contributed by atoms with E-state index in [4.69, 9.17) is 0 Å². The molecule has 1 saturated heterocycles. The normalized spacial score (nSPS) is 18.3. The molecule has 1 fully saturated rings. The summed E-state index contributed by atoms with van der Waals surface area (Å²) in [6.07, 6.45) is 7.09. The molecule has 1 unspecified atom stereocenters. The summed E-state index contributed by atoms with van der Waals surface area (Å²) in [5.41, 5.74) is 0. The van der Waals surface area contributed by atoms with Crippen LogP contribution in [0.15, 0.2) is 17.6 Å². The van der Waals surface area contributed by atoms with E-state index in [9.17, 15) is 0 Å². The van der Waals surface area contributed by atoms with E-state index in [1.807, 2.05) is 24.6 Å². The molecule has 0 aromatic carbocycles. The Bertz CT molecular complexity index is 570. The van der Waals surface area contributed by atoms with Crippen LogP contribution in [0.25, 0.3) is 0 Å². The third-order valence-corrected chi connectivity index (χ3v) is 4.89. The van der Waals surface area contributed by atoms with Crippen molar-refractivity contribution < 1.29 is 0 Å². The Kier molecular flexibility index (Phi) is 10.8. The minimum atomic E-state index is 0. The van der Waals surface area contributed by atoms with Gasteiger partial charge in [-0.2, -0.15) is 0 Å². The molecule has 7 nitrogen and oxygen atoms in total. The fraction of sp³-hybridized carbons (Fsp3) is 0.722. The fourth-order valence-corrected chi connectivity index (χ4v) is 3.22. The summed E-state index contributed by atoms with van der Waals surface area (Å²) in [5.74, 6) is 2.55. The zero-order valence-corrected chi connectivity index (χ0v) is 18.7. The molecular formula is C18H34IN7. The van der Waals surface area contributed by atoms with Crippen LogP contribution < -0.4 is 10.6 Å². The number of aromatic nitrogens is 3. The molecule has 2 rings (SSSR count). The number of aliphatic imine (C=N–C) groups is 1. The van der Waals surface area contributed by atoms with Gasteiger partial charge in [0.2, 0.25) is 0 Å². The summed E-state index contributed by atoms with van der Waals surface area (Å²) in [7, 11) is 1.96. The first-order chi connectivity index (χ1) is 12.2. The molecule has 26 heavy (non-hydrogen) atoms. The highest BCUT2D eigenvalue weighted by molar-refractivity contribution is 14.0. The number of aryl methyl sites for hydroxylation is 1. The lowest BCUT2D eigenvalue weighted by atomic mass is 10.0. The number of nitrogens with zero attached hydrogens (tertiary/aromatic N) is 5. The summed E-state index contributed by atoms with van der Waals surface area (Å²) in [4.78, 5) is 7.24. The third-order valence-electron chi connectivity index (χ3n) is 4.89. The summed E-state index contributed by atoms with van der Waals surface area (Å²) >= 11 is 0. The number of guanidine groups is 1. The molecule has 1 aliphatic heterocycles. The summed E-state index contributed by atoms with van der Waals surface area (Å²) in [6.45, 7) is 12.3. The zero-order valence-electron chi connectivity index (χ0n) is 16.4. The summed E-state index contributed by atoms with van der Waals surface area (Å²) < 4.78 is 1.97. The van der Waals surface area contributed by atoms with Gasteiger partial charge in [-0.25, -0.2) is 4.99 Å². The lowest BCUT2D eigenvalue weighted by molar-refractivity contribution is 0.147. The van der Waals surface area contributed by atoms with Gasteiger partial charge in [0.15, 0.2) is 11.8 Å². The van der Waals surface area contributed by atoms with E-state index in [0.29, 0.717) is 13.1 Å². The second kappa shape index (κ2) is 12.3. The van der Waals surface area contributed by atoms with Crippen molar-refractivity contribution in [3.05, 3.63) is 24.3 Å². The number of likely N-dealkylation sites (tertiary alicyclic amines) is 1. The highest BCUT2D eigenvalue weighted by atomic mass is 127. The topological polar surface area (TPSA) is 70.4 Å². The zero-order chi connectivity index (χ0) is 18.1. The highest BCUT2D eigenvalue weighted by Crippen LogP contribution is 2.18. The van der Waals surface area contributed by atoms with Crippen molar-refractivity contribution in [2.75, 3.05) is 26.2 Å². The lowest BCUT2D eigenvalue weighted by Gasteiger charge is -2.35. The van der Waals surface area contributed by atoms with E-state index in [0.717, 1.165) is 36.7 Å². The van der Waals surface area contributed by atoms with Crippen molar-refractivity contribution in [2.45, 2.75) is 52.1 Å². The van der Waals surface area contributed by atoms with Gasteiger partial charge in [0, 0.05) is 32.7 Å². The van der Waals surface area contributed by atoms with Crippen LogP contribution in [0.4, 0.5) is 0 Å². The maximum atomic E-state index is 4.63. The van der Waals surface area contributed by atoms with Gasteiger partial charge in [0.25, 0.3) is 0 Å². The van der Waals surface area contributed by atoms with Gasteiger partial charge in [-0.3, -0.25) is 4.90 Å². The van der Waals surface area contributed by atoms with Gasteiger partial charge in [0.05, 0.1) is 0 Å². The van der Waals surface area contributed by atoms with Crippen LogP contribution in [-0.4, -0.2) is 57.8 Å². The van der Waals surface area contributed by atoms with E-state index in [1.165, 1.54) is 32.2 Å². The fourth-order valence-electron chi connectivity index (χ4n) is 3.22. The number of hydrogen-bond donors (Lipinski definition) is 2. The first-order valence-electron chi connectivity index (χ1n) is 9.37. The van der Waals surface area contributed by atoms with Gasteiger partial charge < -0.3 is 15.2 Å². The van der Waals surface area contributed by atoms with Crippen LogP contribution >= 0.6 is 24.0 Å². The molecule has 0 amide bonds. The Balaban J connectivity index is 0.00000338. The smallest absolute Gasteiger partial charge is 0.192 e.